The lowest BCUT2D eigenvalue weighted by Crippen LogP contribution is -2.49. The number of H-pyrrole nitrogens is 2. The van der Waals surface area contributed by atoms with Gasteiger partial charge in [0.25, 0.3) is 5.56 Å². The molecule has 1 aromatic carbocycles. The first-order valence-electron chi connectivity index (χ1n) is 9.28. The Labute approximate surface area is 164 Å². The Morgan fingerprint density at radius 1 is 1.11 bits per heavy atom. The maximum atomic E-state index is 12.6. The topological polar surface area (TPSA) is 72.2 Å². The van der Waals surface area contributed by atoms with E-state index in [4.69, 9.17) is 12.2 Å². The van der Waals surface area contributed by atoms with Crippen LogP contribution in [0.25, 0.3) is 0 Å². The minimum atomic E-state index is -0.205. The number of carbonyl (C=O) groups is 1. The van der Waals surface area contributed by atoms with Crippen molar-refractivity contribution in [1.29, 1.82) is 0 Å². The van der Waals surface area contributed by atoms with E-state index in [1.165, 1.54) is 16.8 Å². The van der Waals surface area contributed by atoms with Crippen LogP contribution < -0.4 is 10.5 Å². The molecule has 6 nitrogen and oxygen atoms in total. The second-order valence-corrected chi connectivity index (χ2v) is 7.51. The first kappa shape index (κ1) is 19.4. The van der Waals surface area contributed by atoms with E-state index in [-0.39, 0.29) is 11.5 Å². The van der Waals surface area contributed by atoms with Crippen molar-refractivity contribution in [1.82, 2.24) is 14.9 Å². The van der Waals surface area contributed by atoms with E-state index in [2.05, 4.69) is 46.9 Å². The molecule has 3 rings (SSSR count). The molecule has 0 saturated carbocycles. The van der Waals surface area contributed by atoms with Crippen LogP contribution in [-0.4, -0.2) is 47.0 Å². The highest BCUT2D eigenvalue weighted by Crippen LogP contribution is 2.24. The number of nitrogens with one attached hydrogen (secondary N) is 2. The summed E-state index contributed by atoms with van der Waals surface area (Å²) in [5.74, 6) is 0.0943. The van der Waals surface area contributed by atoms with Gasteiger partial charge < -0.3 is 14.8 Å². The van der Waals surface area contributed by atoms with Crippen LogP contribution in [-0.2, 0) is 11.2 Å². The first-order valence-corrected chi connectivity index (χ1v) is 9.68. The van der Waals surface area contributed by atoms with E-state index in [0.717, 1.165) is 18.8 Å². The molecule has 1 saturated heterocycles. The van der Waals surface area contributed by atoms with Crippen LogP contribution in [0.4, 0.5) is 5.69 Å². The largest absolute Gasteiger partial charge is 0.368 e. The third-order valence-corrected chi connectivity index (χ3v) is 5.60. The molecule has 144 valence electrons. The summed E-state index contributed by atoms with van der Waals surface area (Å²) in [5, 5.41) is 0. The smallest absolute Gasteiger partial charge is 0.255 e. The molecule has 2 aromatic rings. The summed E-state index contributed by atoms with van der Waals surface area (Å²) in [7, 11) is 0. The second kappa shape index (κ2) is 8.08. The molecule has 27 heavy (non-hydrogen) atoms. The SMILES string of the molecule is Cc1cccc(N2CCN(C(=O)CCc3c(C)[nH]c(=S)[nH]c3=O)CC2)c1C. The molecule has 7 heteroatoms. The molecule has 1 fully saturated rings. The Morgan fingerprint density at radius 3 is 2.48 bits per heavy atom. The highest BCUT2D eigenvalue weighted by Gasteiger charge is 2.22. The minimum Gasteiger partial charge on any atom is -0.368 e. The van der Waals surface area contributed by atoms with Gasteiger partial charge in [-0.15, -0.1) is 0 Å². The molecule has 1 aromatic heterocycles. The van der Waals surface area contributed by atoms with Crippen molar-refractivity contribution in [3.63, 3.8) is 0 Å². The summed E-state index contributed by atoms with van der Waals surface area (Å²) < 4.78 is 0.315. The van der Waals surface area contributed by atoms with Crippen LogP contribution in [0, 0.1) is 25.5 Å². The summed E-state index contributed by atoms with van der Waals surface area (Å²) >= 11 is 4.96. The third-order valence-electron chi connectivity index (χ3n) is 5.39. The Kier molecular flexibility index (Phi) is 5.79. The molecule has 0 bridgehead atoms. The summed E-state index contributed by atoms with van der Waals surface area (Å²) in [4.78, 5) is 34.4. The van der Waals surface area contributed by atoms with Crippen molar-refractivity contribution in [2.45, 2.75) is 33.6 Å². The van der Waals surface area contributed by atoms with Gasteiger partial charge in [-0.3, -0.25) is 14.6 Å². The van der Waals surface area contributed by atoms with Crippen LogP contribution in [0.15, 0.2) is 23.0 Å². The van der Waals surface area contributed by atoms with Crippen LogP contribution in [0.3, 0.4) is 0 Å². The number of aromatic amines is 2. The van der Waals surface area contributed by atoms with Crippen LogP contribution in [0.1, 0.15) is 28.8 Å². The molecule has 2 N–H and O–H groups in total. The number of carbonyl (C=O) groups excluding carboxylic acids is 1. The lowest BCUT2D eigenvalue weighted by Gasteiger charge is -2.37. The number of amides is 1. The van der Waals surface area contributed by atoms with Crippen LogP contribution >= 0.6 is 12.2 Å². The fraction of sp³-hybridized carbons (Fsp3) is 0.450. The number of aromatic nitrogens is 2. The average Bonchev–Trinajstić information content (AvgIpc) is 2.63. The number of rotatable bonds is 4. The van der Waals surface area contributed by atoms with E-state index >= 15 is 0 Å². The van der Waals surface area contributed by atoms with E-state index in [0.29, 0.717) is 36.3 Å². The summed E-state index contributed by atoms with van der Waals surface area (Å²) in [5.41, 5.74) is 4.97. The highest BCUT2D eigenvalue weighted by molar-refractivity contribution is 7.71. The molecule has 0 aliphatic carbocycles. The zero-order chi connectivity index (χ0) is 19.6. The standard InChI is InChI=1S/C20H26N4O2S/c1-13-5-4-6-17(14(13)2)23-9-11-24(12-10-23)18(25)8-7-16-15(3)21-20(27)22-19(16)26/h4-6H,7-12H2,1-3H3,(H2,21,22,26,27). The van der Waals surface area contributed by atoms with Gasteiger partial charge in [0.1, 0.15) is 0 Å². The van der Waals surface area contributed by atoms with Crippen molar-refractivity contribution in [3.8, 4) is 0 Å². The monoisotopic (exact) mass is 386 g/mol. The van der Waals surface area contributed by atoms with Gasteiger partial charge in [0.05, 0.1) is 0 Å². The van der Waals surface area contributed by atoms with Gasteiger partial charge in [0.2, 0.25) is 5.91 Å². The number of nitrogens with zero attached hydrogens (tertiary/aromatic N) is 2. The van der Waals surface area contributed by atoms with Crippen molar-refractivity contribution >= 4 is 23.8 Å². The van der Waals surface area contributed by atoms with E-state index in [9.17, 15) is 9.59 Å². The Bertz CT molecular complexity index is 955. The molecule has 1 aliphatic heterocycles. The first-order chi connectivity index (χ1) is 12.9. The van der Waals surface area contributed by atoms with Gasteiger partial charge in [-0.2, -0.15) is 0 Å². The molecule has 0 spiro atoms. The van der Waals surface area contributed by atoms with Gasteiger partial charge in [-0.1, -0.05) is 12.1 Å². The molecule has 1 aliphatic rings. The lowest BCUT2D eigenvalue weighted by molar-refractivity contribution is -0.131. The minimum absolute atomic E-state index is 0.0943. The normalized spacial score (nSPS) is 14.5. The van der Waals surface area contributed by atoms with Crippen molar-refractivity contribution in [2.24, 2.45) is 0 Å². The quantitative estimate of drug-likeness (QED) is 0.793. The summed E-state index contributed by atoms with van der Waals surface area (Å²) in [6.45, 7) is 9.15. The van der Waals surface area contributed by atoms with Gasteiger partial charge in [0, 0.05) is 49.5 Å². The zero-order valence-electron chi connectivity index (χ0n) is 16.1. The second-order valence-electron chi connectivity index (χ2n) is 7.10. The number of hydrogen-bond donors (Lipinski definition) is 2. The van der Waals surface area contributed by atoms with Gasteiger partial charge in [-0.05, 0) is 56.6 Å². The van der Waals surface area contributed by atoms with Crippen molar-refractivity contribution in [2.75, 3.05) is 31.1 Å². The van der Waals surface area contributed by atoms with Crippen LogP contribution in [0.5, 0.6) is 0 Å². The molecular weight excluding hydrogens is 360 g/mol. The third kappa shape index (κ3) is 4.30. The number of piperazine rings is 1. The maximum absolute atomic E-state index is 12.6. The predicted molar refractivity (Wildman–Crippen MR) is 110 cm³/mol. The predicted octanol–water partition coefficient (Wildman–Crippen LogP) is 2.64. The van der Waals surface area contributed by atoms with E-state index in [1.54, 1.807) is 0 Å². The molecular formula is C20H26N4O2S. The fourth-order valence-electron chi connectivity index (χ4n) is 3.59. The van der Waals surface area contributed by atoms with Gasteiger partial charge in [-0.25, -0.2) is 0 Å². The summed E-state index contributed by atoms with van der Waals surface area (Å²) in [6, 6.07) is 6.35. The molecule has 2 heterocycles. The Hall–Kier alpha value is -2.41. The van der Waals surface area contributed by atoms with E-state index in [1.807, 2.05) is 11.8 Å². The van der Waals surface area contributed by atoms with Gasteiger partial charge >= 0.3 is 0 Å². The average molecular weight is 387 g/mol. The molecule has 0 atom stereocenters. The van der Waals surface area contributed by atoms with E-state index < -0.39 is 0 Å². The number of hydrogen-bond acceptors (Lipinski definition) is 4. The van der Waals surface area contributed by atoms with Gasteiger partial charge in [0.15, 0.2) is 4.77 Å². The molecule has 0 radical (unpaired) electrons. The van der Waals surface area contributed by atoms with Crippen molar-refractivity contribution < 1.29 is 4.79 Å². The Balaban J connectivity index is 1.58. The Morgan fingerprint density at radius 2 is 1.81 bits per heavy atom. The lowest BCUT2D eigenvalue weighted by atomic mass is 10.1. The maximum Gasteiger partial charge on any atom is 0.255 e. The molecule has 0 unspecified atom stereocenters. The zero-order valence-corrected chi connectivity index (χ0v) is 16.9. The van der Waals surface area contributed by atoms with Crippen LogP contribution in [0.2, 0.25) is 0 Å². The van der Waals surface area contributed by atoms with Crippen molar-refractivity contribution in [3.05, 3.63) is 55.7 Å². The number of anilines is 1. The highest BCUT2D eigenvalue weighted by atomic mass is 32.1. The summed E-state index contributed by atoms with van der Waals surface area (Å²) in [6.07, 6.45) is 0.751. The number of aryl methyl sites for hydroxylation is 2. The fourth-order valence-corrected chi connectivity index (χ4v) is 3.84. The molecule has 1 amide bonds. The number of benzene rings is 1.